The summed E-state index contributed by atoms with van der Waals surface area (Å²) in [6.07, 6.45) is 5.06. The van der Waals surface area contributed by atoms with Gasteiger partial charge in [-0.15, -0.1) is 0 Å². The molecule has 1 aliphatic carbocycles. The Morgan fingerprint density at radius 2 is 2.00 bits per heavy atom. The third kappa shape index (κ3) is 2.99. The number of ether oxygens (including phenoxy) is 1. The van der Waals surface area contributed by atoms with Crippen molar-refractivity contribution in [3.05, 3.63) is 33.8 Å². The lowest BCUT2D eigenvalue weighted by molar-refractivity contribution is -0.0503. The largest absolute Gasteiger partial charge is 0.370 e. The van der Waals surface area contributed by atoms with Crippen LogP contribution in [0.15, 0.2) is 18.2 Å². The van der Waals surface area contributed by atoms with E-state index in [4.69, 9.17) is 27.9 Å². The number of hydrogen-bond donors (Lipinski definition) is 1. The molecule has 0 bridgehead atoms. The molecule has 1 saturated heterocycles. The van der Waals surface area contributed by atoms with Gasteiger partial charge in [0.25, 0.3) is 0 Å². The van der Waals surface area contributed by atoms with Gasteiger partial charge >= 0.3 is 0 Å². The quantitative estimate of drug-likeness (QED) is 0.818. The maximum Gasteiger partial charge on any atom is 0.0964 e. The predicted octanol–water partition coefficient (Wildman–Crippen LogP) is 4.60. The summed E-state index contributed by atoms with van der Waals surface area (Å²) in [6.45, 7) is 3.95. The van der Waals surface area contributed by atoms with E-state index in [1.54, 1.807) is 6.07 Å². The molecule has 1 aromatic rings. The van der Waals surface area contributed by atoms with Gasteiger partial charge in [-0.05, 0) is 43.7 Å². The van der Waals surface area contributed by atoms with Gasteiger partial charge in [-0.1, -0.05) is 36.2 Å². The number of nitrogens with one attached hydrogen (secondary N) is 1. The number of morpholine rings is 1. The Bertz CT molecular complexity index is 473. The van der Waals surface area contributed by atoms with Crippen LogP contribution in [0, 0.1) is 5.92 Å². The Morgan fingerprint density at radius 1 is 1.25 bits per heavy atom. The average Bonchev–Trinajstić information content (AvgIpc) is 2.44. The van der Waals surface area contributed by atoms with Crippen molar-refractivity contribution in [2.75, 3.05) is 13.2 Å². The van der Waals surface area contributed by atoms with Gasteiger partial charge in [-0.3, -0.25) is 0 Å². The molecule has 1 atom stereocenters. The van der Waals surface area contributed by atoms with Gasteiger partial charge in [0.05, 0.1) is 12.7 Å². The normalized spacial score (nSPS) is 34.4. The SMILES string of the molecule is CC1CCC2(CC1)COC(c1ccc(Cl)cc1Cl)CN2. The highest BCUT2D eigenvalue weighted by Gasteiger charge is 2.38. The van der Waals surface area contributed by atoms with Gasteiger partial charge in [-0.25, -0.2) is 0 Å². The second-order valence-electron chi connectivity index (χ2n) is 6.31. The zero-order valence-electron chi connectivity index (χ0n) is 11.8. The monoisotopic (exact) mass is 313 g/mol. The zero-order chi connectivity index (χ0) is 14.2. The van der Waals surface area contributed by atoms with Gasteiger partial charge in [0.15, 0.2) is 0 Å². The van der Waals surface area contributed by atoms with Crippen LogP contribution in [-0.4, -0.2) is 18.7 Å². The molecule has 20 heavy (non-hydrogen) atoms. The first-order chi connectivity index (χ1) is 9.58. The van der Waals surface area contributed by atoms with E-state index in [1.165, 1.54) is 25.7 Å². The van der Waals surface area contributed by atoms with E-state index in [0.717, 1.165) is 24.6 Å². The summed E-state index contributed by atoms with van der Waals surface area (Å²) in [7, 11) is 0. The third-order valence-electron chi connectivity index (χ3n) is 4.76. The van der Waals surface area contributed by atoms with Gasteiger partial charge in [0, 0.05) is 27.7 Å². The molecule has 2 nitrogen and oxygen atoms in total. The van der Waals surface area contributed by atoms with Crippen LogP contribution in [0.5, 0.6) is 0 Å². The fraction of sp³-hybridized carbons (Fsp3) is 0.625. The average molecular weight is 314 g/mol. The van der Waals surface area contributed by atoms with E-state index in [2.05, 4.69) is 12.2 Å². The number of benzene rings is 1. The van der Waals surface area contributed by atoms with Crippen LogP contribution >= 0.6 is 23.2 Å². The molecular formula is C16H21Cl2NO. The molecule has 1 aliphatic heterocycles. The maximum absolute atomic E-state index is 6.27. The molecule has 0 radical (unpaired) electrons. The van der Waals surface area contributed by atoms with Crippen molar-refractivity contribution in [1.29, 1.82) is 0 Å². The summed E-state index contributed by atoms with van der Waals surface area (Å²) in [4.78, 5) is 0. The van der Waals surface area contributed by atoms with Gasteiger partial charge in [0.1, 0.15) is 0 Å². The predicted molar refractivity (Wildman–Crippen MR) is 83.5 cm³/mol. The van der Waals surface area contributed by atoms with Crippen LogP contribution in [-0.2, 0) is 4.74 Å². The fourth-order valence-electron chi connectivity index (χ4n) is 3.28. The summed E-state index contributed by atoms with van der Waals surface area (Å²) in [5, 5.41) is 5.09. The lowest BCUT2D eigenvalue weighted by Crippen LogP contribution is -2.56. The number of rotatable bonds is 1. The summed E-state index contributed by atoms with van der Waals surface area (Å²) in [5.41, 5.74) is 1.23. The molecule has 2 fully saturated rings. The highest BCUT2D eigenvalue weighted by Crippen LogP contribution is 2.37. The second kappa shape index (κ2) is 5.84. The first-order valence-corrected chi connectivity index (χ1v) is 8.15. The second-order valence-corrected chi connectivity index (χ2v) is 7.15. The molecule has 0 aromatic heterocycles. The zero-order valence-corrected chi connectivity index (χ0v) is 13.3. The minimum Gasteiger partial charge on any atom is -0.370 e. The molecule has 2 aliphatic rings. The van der Waals surface area contributed by atoms with E-state index >= 15 is 0 Å². The molecule has 1 unspecified atom stereocenters. The van der Waals surface area contributed by atoms with Crippen LogP contribution in [0.3, 0.4) is 0 Å². The van der Waals surface area contributed by atoms with Gasteiger partial charge in [0.2, 0.25) is 0 Å². The Hall–Kier alpha value is -0.280. The summed E-state index contributed by atoms with van der Waals surface area (Å²) in [6, 6.07) is 5.63. The van der Waals surface area contributed by atoms with Crippen molar-refractivity contribution in [3.8, 4) is 0 Å². The molecule has 4 heteroatoms. The number of hydrogen-bond acceptors (Lipinski definition) is 2. The molecule has 1 spiro atoms. The third-order valence-corrected chi connectivity index (χ3v) is 5.33. The van der Waals surface area contributed by atoms with Gasteiger partial charge in [-0.2, -0.15) is 0 Å². The van der Waals surface area contributed by atoms with Crippen LogP contribution in [0.4, 0.5) is 0 Å². The summed E-state index contributed by atoms with van der Waals surface area (Å²) in [5.74, 6) is 0.853. The van der Waals surface area contributed by atoms with Crippen molar-refractivity contribution < 1.29 is 4.74 Å². The molecule has 3 rings (SSSR count). The smallest absolute Gasteiger partial charge is 0.0964 e. The van der Waals surface area contributed by atoms with Crippen molar-refractivity contribution in [2.24, 2.45) is 5.92 Å². The van der Waals surface area contributed by atoms with Crippen LogP contribution < -0.4 is 5.32 Å². The van der Waals surface area contributed by atoms with E-state index < -0.39 is 0 Å². The van der Waals surface area contributed by atoms with Crippen molar-refractivity contribution in [3.63, 3.8) is 0 Å². The summed E-state index contributed by atoms with van der Waals surface area (Å²) >= 11 is 12.2. The number of halogens is 2. The summed E-state index contributed by atoms with van der Waals surface area (Å²) < 4.78 is 6.12. The maximum atomic E-state index is 6.27. The molecule has 110 valence electrons. The molecule has 1 heterocycles. The van der Waals surface area contributed by atoms with E-state index in [0.29, 0.717) is 10.0 Å². The van der Waals surface area contributed by atoms with E-state index in [9.17, 15) is 0 Å². The van der Waals surface area contributed by atoms with Crippen LogP contribution in [0.25, 0.3) is 0 Å². The van der Waals surface area contributed by atoms with E-state index in [1.807, 2.05) is 12.1 Å². The molecule has 1 N–H and O–H groups in total. The van der Waals surface area contributed by atoms with Crippen LogP contribution in [0.2, 0.25) is 10.0 Å². The molecule has 1 aromatic carbocycles. The molecule has 0 amide bonds. The Kier molecular flexibility index (Phi) is 4.28. The molecular weight excluding hydrogens is 293 g/mol. The van der Waals surface area contributed by atoms with E-state index in [-0.39, 0.29) is 11.6 Å². The first-order valence-electron chi connectivity index (χ1n) is 7.40. The van der Waals surface area contributed by atoms with Crippen LogP contribution in [0.1, 0.15) is 44.3 Å². The lowest BCUT2D eigenvalue weighted by atomic mass is 9.77. The fourth-order valence-corrected chi connectivity index (χ4v) is 3.81. The van der Waals surface area contributed by atoms with Crippen molar-refractivity contribution in [2.45, 2.75) is 44.2 Å². The first kappa shape index (κ1) is 14.6. The highest BCUT2D eigenvalue weighted by molar-refractivity contribution is 6.35. The van der Waals surface area contributed by atoms with Crippen molar-refractivity contribution >= 4 is 23.2 Å². The standard InChI is InChI=1S/C16H21Cl2NO/c1-11-4-6-16(7-5-11)10-20-15(9-19-16)13-3-2-12(17)8-14(13)18/h2-3,8,11,15,19H,4-7,9-10H2,1H3. The lowest BCUT2D eigenvalue weighted by Gasteiger charge is -2.45. The Balaban J connectivity index is 1.66. The topological polar surface area (TPSA) is 21.3 Å². The minimum absolute atomic E-state index is 0.0322. The Morgan fingerprint density at radius 3 is 2.60 bits per heavy atom. The minimum atomic E-state index is 0.0322. The van der Waals surface area contributed by atoms with Crippen molar-refractivity contribution in [1.82, 2.24) is 5.32 Å². The highest BCUT2D eigenvalue weighted by atomic mass is 35.5. The molecule has 1 saturated carbocycles. The van der Waals surface area contributed by atoms with Gasteiger partial charge < -0.3 is 10.1 Å². The Labute approximate surface area is 130 Å².